The van der Waals surface area contributed by atoms with Crippen molar-refractivity contribution in [1.82, 2.24) is 14.9 Å². The van der Waals surface area contributed by atoms with Gasteiger partial charge in [0.1, 0.15) is 11.6 Å². The summed E-state index contributed by atoms with van der Waals surface area (Å²) in [5.74, 6) is 2.41. The van der Waals surface area contributed by atoms with Crippen LogP contribution in [-0.4, -0.2) is 40.4 Å². The molecule has 0 spiro atoms. The van der Waals surface area contributed by atoms with Gasteiger partial charge < -0.3 is 15.4 Å². The van der Waals surface area contributed by atoms with Crippen molar-refractivity contribution in [2.75, 3.05) is 19.6 Å². The summed E-state index contributed by atoms with van der Waals surface area (Å²) in [5.41, 5.74) is 7.39. The van der Waals surface area contributed by atoms with Crippen LogP contribution in [0, 0.1) is 13.8 Å². The van der Waals surface area contributed by atoms with E-state index in [0.29, 0.717) is 19.0 Å². The number of rotatable bonds is 4. The Balaban J connectivity index is 1.74. The average molecular weight is 340 g/mol. The highest BCUT2D eigenvalue weighted by Gasteiger charge is 2.25. The molecule has 2 aromatic rings. The van der Waals surface area contributed by atoms with Crippen LogP contribution in [0.3, 0.4) is 0 Å². The minimum atomic E-state index is 0.00665. The van der Waals surface area contributed by atoms with Crippen LogP contribution < -0.4 is 10.5 Å². The molecule has 132 valence electrons. The number of para-hydroxylation sites is 1. The van der Waals surface area contributed by atoms with E-state index in [4.69, 9.17) is 10.5 Å². The van der Waals surface area contributed by atoms with Crippen molar-refractivity contribution in [1.29, 1.82) is 0 Å². The number of piperidine rings is 1. The van der Waals surface area contributed by atoms with Gasteiger partial charge in [-0.1, -0.05) is 18.2 Å². The molecule has 6 heteroatoms. The van der Waals surface area contributed by atoms with Crippen LogP contribution in [-0.2, 0) is 4.79 Å². The molecule has 1 aromatic carbocycles. The van der Waals surface area contributed by atoms with E-state index >= 15 is 0 Å². The fourth-order valence-electron chi connectivity index (χ4n) is 3.10. The molecule has 1 aliphatic rings. The maximum absolute atomic E-state index is 11.7. The molecule has 1 aromatic heterocycles. The number of aryl methyl sites for hydroxylation is 2. The Morgan fingerprint density at radius 3 is 2.64 bits per heavy atom. The third-order valence-electron chi connectivity index (χ3n) is 4.54. The van der Waals surface area contributed by atoms with Crippen molar-refractivity contribution < 1.29 is 9.53 Å². The topological polar surface area (TPSA) is 81.3 Å². The summed E-state index contributed by atoms with van der Waals surface area (Å²) in [5, 5.41) is 0. The predicted octanol–water partition coefficient (Wildman–Crippen LogP) is 2.55. The Morgan fingerprint density at radius 1 is 1.24 bits per heavy atom. The van der Waals surface area contributed by atoms with E-state index in [1.807, 2.05) is 49.1 Å². The maximum atomic E-state index is 11.7. The molecule has 0 atom stereocenters. The van der Waals surface area contributed by atoms with Gasteiger partial charge in [0, 0.05) is 30.8 Å². The highest BCUT2D eigenvalue weighted by Crippen LogP contribution is 2.29. The number of carbonyl (C=O) groups excluding carboxylic acids is 1. The molecule has 1 amide bonds. The number of nitrogens with zero attached hydrogens (tertiary/aromatic N) is 3. The van der Waals surface area contributed by atoms with Gasteiger partial charge in [-0.25, -0.2) is 4.98 Å². The predicted molar refractivity (Wildman–Crippen MR) is 95.6 cm³/mol. The molecule has 2 heterocycles. The quantitative estimate of drug-likeness (QED) is 0.925. The number of hydrogen-bond acceptors (Lipinski definition) is 5. The van der Waals surface area contributed by atoms with Crippen LogP contribution in [0.1, 0.15) is 35.8 Å². The van der Waals surface area contributed by atoms with E-state index in [0.717, 1.165) is 35.7 Å². The number of benzene rings is 1. The van der Waals surface area contributed by atoms with Crippen molar-refractivity contribution in [2.45, 2.75) is 32.6 Å². The normalized spacial score (nSPS) is 15.2. The van der Waals surface area contributed by atoms with E-state index in [1.165, 1.54) is 0 Å². The lowest BCUT2D eigenvalue weighted by Crippen LogP contribution is -2.41. The zero-order valence-corrected chi connectivity index (χ0v) is 14.7. The lowest BCUT2D eigenvalue weighted by atomic mass is 9.96. The van der Waals surface area contributed by atoms with E-state index in [1.54, 1.807) is 0 Å². The SMILES string of the molecule is Cc1cc(Oc2ccccc2C)nc(C2CCN(C(=O)CN)CC2)n1. The summed E-state index contributed by atoms with van der Waals surface area (Å²) >= 11 is 0. The molecular formula is C19H24N4O2. The van der Waals surface area contributed by atoms with Crippen LogP contribution in [0.25, 0.3) is 0 Å². The summed E-state index contributed by atoms with van der Waals surface area (Å²) in [6.45, 7) is 5.43. The monoisotopic (exact) mass is 340 g/mol. The highest BCUT2D eigenvalue weighted by atomic mass is 16.5. The van der Waals surface area contributed by atoms with Gasteiger partial charge in [-0.15, -0.1) is 0 Å². The molecule has 0 aliphatic carbocycles. The second-order valence-corrected chi connectivity index (χ2v) is 6.43. The summed E-state index contributed by atoms with van der Waals surface area (Å²) in [4.78, 5) is 22.7. The van der Waals surface area contributed by atoms with Gasteiger partial charge in [-0.05, 0) is 38.3 Å². The summed E-state index contributed by atoms with van der Waals surface area (Å²) < 4.78 is 5.97. The lowest BCUT2D eigenvalue weighted by Gasteiger charge is -2.31. The molecule has 0 saturated carbocycles. The number of likely N-dealkylation sites (tertiary alicyclic amines) is 1. The molecule has 1 aliphatic heterocycles. The number of hydrogen-bond donors (Lipinski definition) is 1. The average Bonchev–Trinajstić information content (AvgIpc) is 2.62. The van der Waals surface area contributed by atoms with Gasteiger partial charge in [-0.2, -0.15) is 4.98 Å². The first-order chi connectivity index (χ1) is 12.1. The van der Waals surface area contributed by atoms with Crippen molar-refractivity contribution in [3.05, 3.63) is 47.4 Å². The minimum Gasteiger partial charge on any atom is -0.439 e. The van der Waals surface area contributed by atoms with Crippen molar-refractivity contribution in [3.63, 3.8) is 0 Å². The Bertz CT molecular complexity index is 755. The molecule has 1 fully saturated rings. The van der Waals surface area contributed by atoms with Crippen LogP contribution in [0.2, 0.25) is 0 Å². The summed E-state index contributed by atoms with van der Waals surface area (Å²) in [7, 11) is 0. The zero-order chi connectivity index (χ0) is 17.8. The third-order valence-corrected chi connectivity index (χ3v) is 4.54. The van der Waals surface area contributed by atoms with Crippen LogP contribution in [0.15, 0.2) is 30.3 Å². The fraction of sp³-hybridized carbons (Fsp3) is 0.421. The molecule has 0 bridgehead atoms. The lowest BCUT2D eigenvalue weighted by molar-refractivity contribution is -0.130. The van der Waals surface area contributed by atoms with E-state index in [2.05, 4.69) is 9.97 Å². The van der Waals surface area contributed by atoms with E-state index < -0.39 is 0 Å². The Labute approximate surface area is 148 Å². The van der Waals surface area contributed by atoms with Crippen LogP contribution in [0.4, 0.5) is 0 Å². The number of nitrogens with two attached hydrogens (primary N) is 1. The van der Waals surface area contributed by atoms with Crippen molar-refractivity contribution >= 4 is 5.91 Å². The van der Waals surface area contributed by atoms with Gasteiger partial charge in [0.2, 0.25) is 11.8 Å². The number of carbonyl (C=O) groups is 1. The molecular weight excluding hydrogens is 316 g/mol. The standard InChI is InChI=1S/C19H24N4O2/c1-13-5-3-4-6-16(13)25-17-11-14(2)21-19(22-17)15-7-9-23(10-8-15)18(24)12-20/h3-6,11,15H,7-10,12,20H2,1-2H3. The van der Waals surface area contributed by atoms with E-state index in [-0.39, 0.29) is 18.4 Å². The highest BCUT2D eigenvalue weighted by molar-refractivity contribution is 5.78. The third kappa shape index (κ3) is 4.14. The first-order valence-corrected chi connectivity index (χ1v) is 8.63. The number of aromatic nitrogens is 2. The number of ether oxygens (including phenoxy) is 1. The van der Waals surface area contributed by atoms with Gasteiger partial charge in [0.05, 0.1) is 6.54 Å². The van der Waals surface area contributed by atoms with Gasteiger partial charge in [0.15, 0.2) is 0 Å². The molecule has 25 heavy (non-hydrogen) atoms. The fourth-order valence-corrected chi connectivity index (χ4v) is 3.10. The summed E-state index contributed by atoms with van der Waals surface area (Å²) in [6, 6.07) is 9.72. The largest absolute Gasteiger partial charge is 0.439 e. The van der Waals surface area contributed by atoms with Crippen molar-refractivity contribution in [2.24, 2.45) is 5.73 Å². The smallest absolute Gasteiger partial charge is 0.236 e. The maximum Gasteiger partial charge on any atom is 0.236 e. The molecule has 6 nitrogen and oxygen atoms in total. The molecule has 2 N–H and O–H groups in total. The molecule has 3 rings (SSSR count). The molecule has 0 unspecified atom stereocenters. The second-order valence-electron chi connectivity index (χ2n) is 6.43. The van der Waals surface area contributed by atoms with Gasteiger partial charge in [-0.3, -0.25) is 4.79 Å². The van der Waals surface area contributed by atoms with Gasteiger partial charge >= 0.3 is 0 Å². The molecule has 1 saturated heterocycles. The Morgan fingerprint density at radius 2 is 1.96 bits per heavy atom. The zero-order valence-electron chi connectivity index (χ0n) is 14.7. The minimum absolute atomic E-state index is 0.00665. The second kappa shape index (κ2) is 7.61. The van der Waals surface area contributed by atoms with E-state index in [9.17, 15) is 4.79 Å². The van der Waals surface area contributed by atoms with Gasteiger partial charge in [0.25, 0.3) is 0 Å². The first kappa shape index (κ1) is 17.4. The van der Waals surface area contributed by atoms with Crippen LogP contribution in [0.5, 0.6) is 11.6 Å². The van der Waals surface area contributed by atoms with Crippen molar-refractivity contribution in [3.8, 4) is 11.6 Å². The summed E-state index contributed by atoms with van der Waals surface area (Å²) in [6.07, 6.45) is 1.69. The molecule has 0 radical (unpaired) electrons. The van der Waals surface area contributed by atoms with Crippen LogP contribution >= 0.6 is 0 Å². The Hall–Kier alpha value is -2.47. The Kier molecular flexibility index (Phi) is 5.28. The first-order valence-electron chi connectivity index (χ1n) is 8.63. The number of amides is 1.